The molecular formula is C16H18ClNO5. The van der Waals surface area contributed by atoms with Crippen molar-refractivity contribution in [1.29, 1.82) is 0 Å². The topological polar surface area (TPSA) is 98.9 Å². The van der Waals surface area contributed by atoms with Gasteiger partial charge >= 0.3 is 0 Å². The van der Waals surface area contributed by atoms with E-state index in [-0.39, 0.29) is 45.9 Å². The molecule has 1 unspecified atom stereocenters. The van der Waals surface area contributed by atoms with E-state index in [0.29, 0.717) is 0 Å². The highest BCUT2D eigenvalue weighted by molar-refractivity contribution is 6.34. The van der Waals surface area contributed by atoms with Gasteiger partial charge in [0.1, 0.15) is 22.1 Å². The number of methoxy groups -OCH3 is 2. The van der Waals surface area contributed by atoms with Crippen LogP contribution in [-0.2, 0) is 4.79 Å². The first kappa shape index (κ1) is 17.1. The quantitative estimate of drug-likeness (QED) is 0.817. The lowest BCUT2D eigenvalue weighted by Crippen LogP contribution is -2.33. The van der Waals surface area contributed by atoms with Crippen molar-refractivity contribution in [3.8, 4) is 17.2 Å². The van der Waals surface area contributed by atoms with E-state index < -0.39 is 17.5 Å². The van der Waals surface area contributed by atoms with Crippen molar-refractivity contribution < 1.29 is 24.2 Å². The number of carbonyl (C=O) groups excluding carboxylic acids is 2. The van der Waals surface area contributed by atoms with E-state index >= 15 is 0 Å². The molecule has 2 atom stereocenters. The minimum Gasteiger partial charge on any atom is -0.505 e. The lowest BCUT2D eigenvalue weighted by Gasteiger charge is -2.27. The molecule has 23 heavy (non-hydrogen) atoms. The molecule has 1 aromatic rings. The summed E-state index contributed by atoms with van der Waals surface area (Å²) in [5.41, 5.74) is 5.98. The maximum Gasteiger partial charge on any atom is 0.179 e. The van der Waals surface area contributed by atoms with Crippen molar-refractivity contribution in [2.45, 2.75) is 13.3 Å². The van der Waals surface area contributed by atoms with Crippen molar-refractivity contribution in [3.05, 3.63) is 28.4 Å². The number of hydrogen-bond acceptors (Lipinski definition) is 6. The number of phenolic OH excluding ortho intramolecular Hbond substituents is 1. The number of phenols is 1. The zero-order chi connectivity index (χ0) is 17.3. The SMILES string of the molecule is COc1cc(OC)c(C(=O)[C@H]2C(N)=CC(=O)CC2C)c(O)c1Cl. The molecule has 6 nitrogen and oxygen atoms in total. The van der Waals surface area contributed by atoms with Crippen LogP contribution in [0.5, 0.6) is 17.2 Å². The largest absolute Gasteiger partial charge is 0.505 e. The number of Topliss-reactive ketones (excluding diaryl/α,β-unsaturated/α-hetero) is 1. The third-order valence-corrected chi connectivity index (χ3v) is 4.28. The number of benzene rings is 1. The Kier molecular flexibility index (Phi) is 4.85. The van der Waals surface area contributed by atoms with E-state index in [1.165, 1.54) is 26.4 Å². The summed E-state index contributed by atoms with van der Waals surface area (Å²) in [5.74, 6) is -1.69. The molecule has 3 N–H and O–H groups in total. The van der Waals surface area contributed by atoms with Crippen LogP contribution in [0.3, 0.4) is 0 Å². The van der Waals surface area contributed by atoms with Gasteiger partial charge < -0.3 is 20.3 Å². The monoisotopic (exact) mass is 339 g/mol. The summed E-state index contributed by atoms with van der Waals surface area (Å²) in [6.45, 7) is 1.76. The van der Waals surface area contributed by atoms with Crippen LogP contribution in [0.15, 0.2) is 17.8 Å². The second kappa shape index (κ2) is 6.50. The first-order valence-corrected chi connectivity index (χ1v) is 7.37. The Balaban J connectivity index is 2.57. The Bertz CT molecular complexity index is 698. The van der Waals surface area contributed by atoms with E-state index in [9.17, 15) is 14.7 Å². The first-order chi connectivity index (χ1) is 10.8. The summed E-state index contributed by atoms with van der Waals surface area (Å²) >= 11 is 6.02. The van der Waals surface area contributed by atoms with E-state index in [1.807, 2.05) is 0 Å². The molecule has 7 heteroatoms. The highest BCUT2D eigenvalue weighted by Gasteiger charge is 2.36. The molecule has 0 bridgehead atoms. The fourth-order valence-corrected chi connectivity index (χ4v) is 3.04. The number of halogens is 1. The smallest absolute Gasteiger partial charge is 0.179 e. The van der Waals surface area contributed by atoms with Crippen LogP contribution < -0.4 is 15.2 Å². The Morgan fingerprint density at radius 1 is 1.35 bits per heavy atom. The maximum atomic E-state index is 12.9. The van der Waals surface area contributed by atoms with Gasteiger partial charge in [0.15, 0.2) is 17.3 Å². The second-order valence-corrected chi connectivity index (χ2v) is 5.83. The standard InChI is InChI=1S/C16H18ClNO5/c1-7-4-8(19)5-9(18)12(7)15(20)13-10(22-2)6-11(23-3)14(17)16(13)21/h5-7,12,21H,4,18H2,1-3H3/t7?,12-/m1/s1. The number of allylic oxidation sites excluding steroid dienone is 2. The molecule has 0 fully saturated rings. The van der Waals surface area contributed by atoms with Crippen LogP contribution in [0.25, 0.3) is 0 Å². The predicted octanol–water partition coefficient (Wildman–Crippen LogP) is 2.31. The average molecular weight is 340 g/mol. The summed E-state index contributed by atoms with van der Waals surface area (Å²) in [7, 11) is 2.75. The number of aromatic hydroxyl groups is 1. The molecule has 1 aliphatic carbocycles. The lowest BCUT2D eigenvalue weighted by molar-refractivity contribution is -0.116. The van der Waals surface area contributed by atoms with Crippen molar-refractivity contribution in [2.24, 2.45) is 17.6 Å². The van der Waals surface area contributed by atoms with E-state index in [4.69, 9.17) is 26.8 Å². The van der Waals surface area contributed by atoms with Gasteiger partial charge in [-0.1, -0.05) is 18.5 Å². The van der Waals surface area contributed by atoms with Crippen molar-refractivity contribution in [1.82, 2.24) is 0 Å². The number of nitrogens with two attached hydrogens (primary N) is 1. The molecule has 1 aliphatic rings. The molecule has 0 aliphatic heterocycles. The van der Waals surface area contributed by atoms with Crippen LogP contribution in [0.2, 0.25) is 5.02 Å². The highest BCUT2D eigenvalue weighted by Crippen LogP contribution is 2.44. The molecule has 1 aromatic carbocycles. The van der Waals surface area contributed by atoms with Crippen LogP contribution >= 0.6 is 11.6 Å². The number of carbonyl (C=O) groups is 2. The van der Waals surface area contributed by atoms with Gasteiger partial charge in [-0.25, -0.2) is 0 Å². The third kappa shape index (κ3) is 2.99. The van der Waals surface area contributed by atoms with Gasteiger partial charge in [0.25, 0.3) is 0 Å². The Labute approximate surface area is 138 Å². The normalized spacial score (nSPS) is 20.9. The summed E-state index contributed by atoms with van der Waals surface area (Å²) in [6, 6.07) is 1.42. The van der Waals surface area contributed by atoms with E-state index in [0.717, 1.165) is 0 Å². The maximum absolute atomic E-state index is 12.9. The van der Waals surface area contributed by atoms with Gasteiger partial charge in [-0.2, -0.15) is 0 Å². The molecule has 0 saturated carbocycles. The minimum absolute atomic E-state index is 0.0687. The third-order valence-electron chi connectivity index (χ3n) is 3.92. The van der Waals surface area contributed by atoms with Gasteiger partial charge in [0, 0.05) is 24.3 Å². The van der Waals surface area contributed by atoms with Gasteiger partial charge in [0.05, 0.1) is 20.1 Å². The molecule has 0 heterocycles. The first-order valence-electron chi connectivity index (χ1n) is 6.99. The van der Waals surface area contributed by atoms with Gasteiger partial charge in [-0.05, 0) is 5.92 Å². The molecule has 0 spiro atoms. The summed E-state index contributed by atoms with van der Waals surface area (Å²) in [6.07, 6.45) is 1.47. The molecule has 0 radical (unpaired) electrons. The second-order valence-electron chi connectivity index (χ2n) is 5.45. The average Bonchev–Trinajstić information content (AvgIpc) is 2.48. The molecular weight excluding hydrogens is 322 g/mol. The zero-order valence-electron chi connectivity index (χ0n) is 13.1. The van der Waals surface area contributed by atoms with Crippen molar-refractivity contribution in [2.75, 3.05) is 14.2 Å². The van der Waals surface area contributed by atoms with Crippen LogP contribution in [0.1, 0.15) is 23.7 Å². The number of hydrogen-bond donors (Lipinski definition) is 2. The van der Waals surface area contributed by atoms with Crippen LogP contribution in [-0.4, -0.2) is 30.9 Å². The van der Waals surface area contributed by atoms with Gasteiger partial charge in [-0.3, -0.25) is 9.59 Å². The molecule has 0 amide bonds. The fraction of sp³-hybridized carbons (Fsp3) is 0.375. The zero-order valence-corrected chi connectivity index (χ0v) is 13.8. The summed E-state index contributed by atoms with van der Waals surface area (Å²) in [4.78, 5) is 24.4. The van der Waals surface area contributed by atoms with Crippen LogP contribution in [0, 0.1) is 11.8 Å². The summed E-state index contributed by atoms with van der Waals surface area (Å²) in [5, 5.41) is 10.2. The highest BCUT2D eigenvalue weighted by atomic mass is 35.5. The summed E-state index contributed by atoms with van der Waals surface area (Å²) < 4.78 is 10.2. The van der Waals surface area contributed by atoms with Gasteiger partial charge in [-0.15, -0.1) is 0 Å². The molecule has 124 valence electrons. The Morgan fingerprint density at radius 2 is 1.96 bits per heavy atom. The minimum atomic E-state index is -0.725. The van der Waals surface area contributed by atoms with Crippen LogP contribution in [0.4, 0.5) is 0 Å². The van der Waals surface area contributed by atoms with Crippen molar-refractivity contribution in [3.63, 3.8) is 0 Å². The Hall–Kier alpha value is -2.21. The lowest BCUT2D eigenvalue weighted by atomic mass is 9.77. The number of rotatable bonds is 4. The fourth-order valence-electron chi connectivity index (χ4n) is 2.81. The molecule has 0 aromatic heterocycles. The van der Waals surface area contributed by atoms with E-state index in [1.54, 1.807) is 6.92 Å². The Morgan fingerprint density at radius 3 is 2.48 bits per heavy atom. The van der Waals surface area contributed by atoms with Gasteiger partial charge in [0.2, 0.25) is 0 Å². The predicted molar refractivity (Wildman–Crippen MR) is 85.1 cm³/mol. The van der Waals surface area contributed by atoms with Crippen molar-refractivity contribution >= 4 is 23.2 Å². The number of ether oxygens (including phenoxy) is 2. The molecule has 0 saturated heterocycles. The number of ketones is 2. The van der Waals surface area contributed by atoms with E-state index in [2.05, 4.69) is 0 Å². The molecule has 2 rings (SSSR count).